The molecule has 0 unspecified atom stereocenters. The Labute approximate surface area is 254 Å². The molecule has 0 atom stereocenters. The minimum atomic E-state index is -0.219. The summed E-state index contributed by atoms with van der Waals surface area (Å²) in [5.74, 6) is 3.54. The number of anilines is 2. The van der Waals surface area contributed by atoms with Gasteiger partial charge in [-0.05, 0) is 83.9 Å². The van der Waals surface area contributed by atoms with Crippen molar-refractivity contribution in [3.05, 3.63) is 132 Å². The van der Waals surface area contributed by atoms with E-state index >= 15 is 0 Å². The van der Waals surface area contributed by atoms with Gasteiger partial charge in [0.2, 0.25) is 0 Å². The fraction of sp³-hybridized carbons (Fsp3) is 0.243. The molecule has 0 fully saturated rings. The molecule has 0 spiro atoms. The molecular weight excluding hydrogens is 536 g/mol. The molecule has 2 heterocycles. The summed E-state index contributed by atoms with van der Waals surface area (Å²) in [6, 6.07) is 29.4. The van der Waals surface area contributed by atoms with Gasteiger partial charge in [0.25, 0.3) is 0 Å². The van der Waals surface area contributed by atoms with Crippen LogP contribution in [-0.2, 0) is 18.5 Å². The molecule has 2 aliphatic heterocycles. The second kappa shape index (κ2) is 12.2. The van der Waals surface area contributed by atoms with E-state index in [1.54, 1.807) is 12.2 Å². The maximum absolute atomic E-state index is 6.16. The number of hydrogen-bond acceptors (Lipinski definition) is 6. The Morgan fingerprint density at radius 1 is 0.651 bits per heavy atom. The van der Waals surface area contributed by atoms with E-state index in [0.717, 1.165) is 47.5 Å². The van der Waals surface area contributed by atoms with E-state index in [1.165, 1.54) is 22.3 Å². The first-order valence-corrected chi connectivity index (χ1v) is 14.6. The minimum absolute atomic E-state index is 0.219. The first-order valence-electron chi connectivity index (χ1n) is 14.6. The molecule has 2 aliphatic rings. The molecule has 6 heteroatoms. The normalized spacial score (nSPS) is 14.1. The Balaban J connectivity index is 1.19. The first kappa shape index (κ1) is 28.3. The summed E-state index contributed by atoms with van der Waals surface area (Å²) in [7, 11) is 0. The lowest BCUT2D eigenvalue weighted by atomic mass is 9.77. The molecule has 0 amide bonds. The number of benzene rings is 4. The number of hydrogen-bond donors (Lipinski definition) is 0. The van der Waals surface area contributed by atoms with Gasteiger partial charge in [-0.3, -0.25) is 0 Å². The predicted molar refractivity (Wildman–Crippen MR) is 173 cm³/mol. The topological polar surface area (TPSA) is 43.4 Å². The lowest BCUT2D eigenvalue weighted by Gasteiger charge is -2.34. The molecule has 0 saturated carbocycles. The van der Waals surface area contributed by atoms with Crippen LogP contribution in [0.1, 0.15) is 36.1 Å². The Morgan fingerprint density at radius 2 is 1.07 bits per heavy atom. The quantitative estimate of drug-likeness (QED) is 0.180. The Kier molecular flexibility index (Phi) is 8.01. The van der Waals surface area contributed by atoms with Gasteiger partial charge in [-0.15, -0.1) is 0 Å². The fourth-order valence-electron chi connectivity index (χ4n) is 5.58. The average Bonchev–Trinajstić information content (AvgIpc) is 3.05. The Bertz CT molecular complexity index is 1480. The highest BCUT2D eigenvalue weighted by molar-refractivity contribution is 5.55. The molecule has 6 nitrogen and oxygen atoms in total. The maximum atomic E-state index is 6.16. The fourth-order valence-corrected chi connectivity index (χ4v) is 5.58. The minimum Gasteiger partial charge on any atom is -0.490 e. The van der Waals surface area contributed by atoms with Crippen LogP contribution < -0.4 is 28.7 Å². The average molecular weight is 575 g/mol. The Hall–Kier alpha value is -4.84. The summed E-state index contributed by atoms with van der Waals surface area (Å²) in [6.45, 7) is 15.5. The Morgan fingerprint density at radius 3 is 1.47 bits per heavy atom. The van der Waals surface area contributed by atoms with Gasteiger partial charge >= 0.3 is 0 Å². The van der Waals surface area contributed by atoms with Crippen molar-refractivity contribution in [3.63, 3.8) is 0 Å². The largest absolute Gasteiger partial charge is 0.490 e. The summed E-state index contributed by atoms with van der Waals surface area (Å²) in [5, 5.41) is 0. The molecule has 0 bridgehead atoms. The van der Waals surface area contributed by atoms with E-state index in [0.29, 0.717) is 26.7 Å². The third kappa shape index (κ3) is 6.05. The molecule has 0 saturated heterocycles. The van der Waals surface area contributed by atoms with E-state index in [4.69, 9.17) is 18.9 Å². The lowest BCUT2D eigenvalue weighted by Crippen LogP contribution is -2.33. The first-order chi connectivity index (χ1) is 20.9. The molecular formula is C37H38N2O4. The molecule has 0 N–H and O–H groups in total. The van der Waals surface area contributed by atoms with Crippen LogP contribution in [-0.4, -0.2) is 26.7 Å². The van der Waals surface area contributed by atoms with Crippen molar-refractivity contribution in [1.29, 1.82) is 0 Å². The van der Waals surface area contributed by atoms with Gasteiger partial charge in [0, 0.05) is 41.0 Å². The number of nitrogens with zero attached hydrogens (tertiary/aromatic N) is 2. The van der Waals surface area contributed by atoms with Crippen LogP contribution in [0.15, 0.2) is 110 Å². The number of ether oxygens (including phenoxy) is 4. The summed E-state index contributed by atoms with van der Waals surface area (Å²) in [6.07, 6.45) is 3.49. The van der Waals surface area contributed by atoms with Crippen LogP contribution in [0, 0.1) is 0 Å². The van der Waals surface area contributed by atoms with E-state index in [9.17, 15) is 0 Å². The molecule has 6 rings (SSSR count). The van der Waals surface area contributed by atoms with Gasteiger partial charge in [0.15, 0.2) is 13.5 Å². The van der Waals surface area contributed by atoms with E-state index in [1.807, 2.05) is 24.3 Å². The number of rotatable bonds is 10. The lowest BCUT2D eigenvalue weighted by molar-refractivity contribution is 0.288. The monoisotopic (exact) mass is 574 g/mol. The van der Waals surface area contributed by atoms with Crippen LogP contribution in [0.2, 0.25) is 0 Å². The molecule has 0 aliphatic carbocycles. The second-order valence-electron chi connectivity index (χ2n) is 11.4. The van der Waals surface area contributed by atoms with Gasteiger partial charge in [-0.25, -0.2) is 0 Å². The standard InChI is InChI=1S/C37H38N2O4/c1-5-19-40-33-13-9-31(10-14-33)38-23-27-21-29(7-17-35(27)42-25-38)37(3,4)30-8-18-36-28(22-30)24-39(26-43-36)32-11-15-34(16-12-32)41-20-6-2/h5-18,21-22H,1-2,19-20,23-26H2,3-4H3. The van der Waals surface area contributed by atoms with Gasteiger partial charge < -0.3 is 28.7 Å². The van der Waals surface area contributed by atoms with E-state index in [2.05, 4.69) is 97.5 Å². The SMILES string of the molecule is C=CCOc1ccc(N2COc3ccc(C(C)(C)c4ccc5c(c4)CN(c4ccc(OCC=C)cc4)CO5)cc3C2)cc1. The summed E-state index contributed by atoms with van der Waals surface area (Å²) < 4.78 is 23.6. The van der Waals surface area contributed by atoms with Crippen molar-refractivity contribution in [3.8, 4) is 23.0 Å². The van der Waals surface area contributed by atoms with Crippen molar-refractivity contribution < 1.29 is 18.9 Å². The van der Waals surface area contributed by atoms with Gasteiger partial charge in [0.1, 0.15) is 36.2 Å². The van der Waals surface area contributed by atoms with Crippen molar-refractivity contribution in [1.82, 2.24) is 0 Å². The second-order valence-corrected chi connectivity index (χ2v) is 11.4. The zero-order chi connectivity index (χ0) is 29.8. The molecule has 0 aromatic heterocycles. The molecule has 4 aromatic rings. The maximum Gasteiger partial charge on any atom is 0.161 e. The van der Waals surface area contributed by atoms with Gasteiger partial charge in [0.05, 0.1) is 0 Å². The third-order valence-corrected chi connectivity index (χ3v) is 8.18. The smallest absolute Gasteiger partial charge is 0.161 e. The third-order valence-electron chi connectivity index (χ3n) is 8.18. The summed E-state index contributed by atoms with van der Waals surface area (Å²) >= 11 is 0. The van der Waals surface area contributed by atoms with Crippen molar-refractivity contribution >= 4 is 11.4 Å². The van der Waals surface area contributed by atoms with Gasteiger partial charge in [-0.2, -0.15) is 0 Å². The van der Waals surface area contributed by atoms with Crippen molar-refractivity contribution in [2.75, 3.05) is 36.5 Å². The van der Waals surface area contributed by atoms with E-state index in [-0.39, 0.29) is 5.41 Å². The molecule has 220 valence electrons. The number of fused-ring (bicyclic) bond motifs is 2. The predicted octanol–water partition coefficient (Wildman–Crippen LogP) is 7.86. The van der Waals surface area contributed by atoms with Crippen molar-refractivity contribution in [2.24, 2.45) is 0 Å². The molecule has 0 radical (unpaired) electrons. The summed E-state index contributed by atoms with van der Waals surface area (Å²) in [4.78, 5) is 4.47. The zero-order valence-electron chi connectivity index (χ0n) is 24.9. The molecule has 43 heavy (non-hydrogen) atoms. The summed E-state index contributed by atoms with van der Waals surface area (Å²) in [5.41, 5.74) is 6.82. The van der Waals surface area contributed by atoms with E-state index < -0.39 is 0 Å². The molecule has 4 aromatic carbocycles. The highest BCUT2D eigenvalue weighted by Gasteiger charge is 2.28. The van der Waals surface area contributed by atoms with Crippen LogP contribution in [0.3, 0.4) is 0 Å². The van der Waals surface area contributed by atoms with Gasteiger partial charge in [-0.1, -0.05) is 51.3 Å². The van der Waals surface area contributed by atoms with Crippen LogP contribution in [0.25, 0.3) is 0 Å². The highest BCUT2D eigenvalue weighted by Crippen LogP contribution is 2.39. The highest BCUT2D eigenvalue weighted by atomic mass is 16.5. The van der Waals surface area contributed by atoms with Crippen molar-refractivity contribution in [2.45, 2.75) is 32.4 Å². The van der Waals surface area contributed by atoms with Crippen LogP contribution in [0.4, 0.5) is 11.4 Å². The van der Waals surface area contributed by atoms with Crippen LogP contribution in [0.5, 0.6) is 23.0 Å². The zero-order valence-corrected chi connectivity index (χ0v) is 24.9. The van der Waals surface area contributed by atoms with Crippen LogP contribution >= 0.6 is 0 Å².